The molecular formula is C10H11ClN2O. The summed E-state index contributed by atoms with van der Waals surface area (Å²) in [5.74, 6) is 1.52. The molecule has 0 aromatic carbocycles. The van der Waals surface area contributed by atoms with Crippen molar-refractivity contribution in [3.63, 3.8) is 0 Å². The molecule has 14 heavy (non-hydrogen) atoms. The Kier molecular flexibility index (Phi) is 2.89. The van der Waals surface area contributed by atoms with Gasteiger partial charge in [0.05, 0.1) is 11.6 Å². The number of anilines is 1. The van der Waals surface area contributed by atoms with Crippen LogP contribution in [0.3, 0.4) is 0 Å². The van der Waals surface area contributed by atoms with Crippen LogP contribution in [-0.2, 0) is 0 Å². The number of alkyl halides is 1. The average Bonchev–Trinajstić information content (AvgIpc) is 2.67. The molecule has 74 valence electrons. The fourth-order valence-corrected chi connectivity index (χ4v) is 1.44. The molecule has 0 saturated carbocycles. The highest BCUT2D eigenvalue weighted by molar-refractivity contribution is 6.17. The van der Waals surface area contributed by atoms with Crippen molar-refractivity contribution >= 4 is 28.4 Å². The first-order valence-corrected chi connectivity index (χ1v) is 5.07. The lowest BCUT2D eigenvalue weighted by molar-refractivity contribution is 0.615. The Morgan fingerprint density at radius 1 is 1.43 bits per heavy atom. The van der Waals surface area contributed by atoms with Crippen molar-refractivity contribution in [1.82, 2.24) is 4.98 Å². The first-order valence-electron chi connectivity index (χ1n) is 4.54. The lowest BCUT2D eigenvalue weighted by atomic mass is 10.3. The van der Waals surface area contributed by atoms with Gasteiger partial charge in [-0.3, -0.25) is 0 Å². The quantitative estimate of drug-likeness (QED) is 0.623. The zero-order valence-electron chi connectivity index (χ0n) is 7.66. The normalized spacial score (nSPS) is 10.6. The highest BCUT2D eigenvalue weighted by Gasteiger charge is 2.02. The third-order valence-electron chi connectivity index (χ3n) is 1.98. The van der Waals surface area contributed by atoms with Gasteiger partial charge >= 0.3 is 0 Å². The lowest BCUT2D eigenvalue weighted by Gasteiger charge is -2.03. The fraction of sp³-hybridized carbons (Fsp3) is 0.300. The summed E-state index contributed by atoms with van der Waals surface area (Å²) in [5, 5.41) is 4.23. The van der Waals surface area contributed by atoms with Gasteiger partial charge in [-0.25, -0.2) is 4.98 Å². The van der Waals surface area contributed by atoms with Crippen LogP contribution in [0.15, 0.2) is 29.0 Å². The number of rotatable bonds is 4. The van der Waals surface area contributed by atoms with Crippen LogP contribution in [0.2, 0.25) is 0 Å². The summed E-state index contributed by atoms with van der Waals surface area (Å²) in [6.45, 7) is 0.834. The zero-order valence-corrected chi connectivity index (χ0v) is 8.42. The van der Waals surface area contributed by atoms with Gasteiger partial charge in [0.15, 0.2) is 0 Å². The summed E-state index contributed by atoms with van der Waals surface area (Å²) in [6, 6.07) is 3.76. The maximum Gasteiger partial charge on any atom is 0.139 e. The first-order chi connectivity index (χ1) is 6.92. The number of furan rings is 1. The molecule has 2 heterocycles. The predicted molar refractivity (Wildman–Crippen MR) is 57.8 cm³/mol. The number of halogens is 1. The van der Waals surface area contributed by atoms with E-state index in [2.05, 4.69) is 10.3 Å². The van der Waals surface area contributed by atoms with Gasteiger partial charge in [0.25, 0.3) is 0 Å². The monoisotopic (exact) mass is 210 g/mol. The third kappa shape index (κ3) is 1.82. The standard InChI is InChI=1S/C10H11ClN2O/c11-4-1-5-12-10-8-3-7-14-9(8)2-6-13-10/h2-3,6-7H,1,4-5H2,(H,12,13). The maximum atomic E-state index is 5.59. The molecule has 0 aliphatic carbocycles. The van der Waals surface area contributed by atoms with Gasteiger partial charge in [-0.15, -0.1) is 11.6 Å². The van der Waals surface area contributed by atoms with Gasteiger partial charge in [-0.05, 0) is 18.6 Å². The Morgan fingerprint density at radius 2 is 2.36 bits per heavy atom. The molecule has 4 heteroatoms. The van der Waals surface area contributed by atoms with E-state index >= 15 is 0 Å². The molecule has 0 amide bonds. The second-order valence-electron chi connectivity index (χ2n) is 2.96. The van der Waals surface area contributed by atoms with Crippen LogP contribution in [0.4, 0.5) is 5.82 Å². The largest absolute Gasteiger partial charge is 0.464 e. The van der Waals surface area contributed by atoms with E-state index in [0.717, 1.165) is 29.8 Å². The SMILES string of the molecule is ClCCCNc1nccc2occc12. The van der Waals surface area contributed by atoms with Crippen molar-refractivity contribution in [1.29, 1.82) is 0 Å². The zero-order chi connectivity index (χ0) is 9.80. The fourth-order valence-electron chi connectivity index (χ4n) is 1.31. The van der Waals surface area contributed by atoms with Crippen LogP contribution in [0.5, 0.6) is 0 Å². The summed E-state index contributed by atoms with van der Waals surface area (Å²) in [5.41, 5.74) is 0.855. The number of nitrogens with zero attached hydrogens (tertiary/aromatic N) is 1. The summed E-state index contributed by atoms with van der Waals surface area (Å²) < 4.78 is 5.26. The molecular weight excluding hydrogens is 200 g/mol. The smallest absolute Gasteiger partial charge is 0.139 e. The Balaban J connectivity index is 2.19. The van der Waals surface area contributed by atoms with Crippen LogP contribution in [0.1, 0.15) is 6.42 Å². The van der Waals surface area contributed by atoms with Crippen molar-refractivity contribution in [3.05, 3.63) is 24.6 Å². The van der Waals surface area contributed by atoms with E-state index in [0.29, 0.717) is 5.88 Å². The first kappa shape index (κ1) is 9.34. The van der Waals surface area contributed by atoms with E-state index in [1.54, 1.807) is 12.5 Å². The molecule has 3 nitrogen and oxygen atoms in total. The molecule has 2 rings (SSSR count). The van der Waals surface area contributed by atoms with Crippen molar-refractivity contribution < 1.29 is 4.42 Å². The van der Waals surface area contributed by atoms with Crippen LogP contribution >= 0.6 is 11.6 Å². The number of nitrogens with one attached hydrogen (secondary N) is 1. The Labute approximate surface area is 87.1 Å². The molecule has 0 unspecified atom stereocenters. The van der Waals surface area contributed by atoms with Crippen LogP contribution < -0.4 is 5.32 Å². The number of aromatic nitrogens is 1. The Hall–Kier alpha value is -1.22. The summed E-state index contributed by atoms with van der Waals surface area (Å²) in [4.78, 5) is 4.24. The molecule has 0 fully saturated rings. The highest BCUT2D eigenvalue weighted by atomic mass is 35.5. The molecule has 2 aromatic rings. The Morgan fingerprint density at radius 3 is 3.21 bits per heavy atom. The Bertz CT molecular complexity index is 413. The average molecular weight is 211 g/mol. The highest BCUT2D eigenvalue weighted by Crippen LogP contribution is 2.21. The minimum atomic E-state index is 0.661. The van der Waals surface area contributed by atoms with Crippen molar-refractivity contribution in [2.75, 3.05) is 17.7 Å². The topological polar surface area (TPSA) is 38.1 Å². The number of hydrogen-bond donors (Lipinski definition) is 1. The molecule has 0 aliphatic heterocycles. The minimum absolute atomic E-state index is 0.661. The second-order valence-corrected chi connectivity index (χ2v) is 3.34. The van der Waals surface area contributed by atoms with Gasteiger partial charge in [0, 0.05) is 18.6 Å². The van der Waals surface area contributed by atoms with E-state index in [9.17, 15) is 0 Å². The molecule has 0 saturated heterocycles. The van der Waals surface area contributed by atoms with Gasteiger partial charge < -0.3 is 9.73 Å². The number of hydrogen-bond acceptors (Lipinski definition) is 3. The molecule has 0 bridgehead atoms. The van der Waals surface area contributed by atoms with Gasteiger partial charge in [-0.2, -0.15) is 0 Å². The maximum absolute atomic E-state index is 5.59. The molecule has 0 spiro atoms. The molecule has 0 radical (unpaired) electrons. The van der Waals surface area contributed by atoms with E-state index in [-0.39, 0.29) is 0 Å². The van der Waals surface area contributed by atoms with E-state index in [4.69, 9.17) is 16.0 Å². The van der Waals surface area contributed by atoms with Crippen molar-refractivity contribution in [2.45, 2.75) is 6.42 Å². The van der Waals surface area contributed by atoms with Gasteiger partial charge in [-0.1, -0.05) is 0 Å². The molecule has 0 atom stereocenters. The number of pyridine rings is 1. The van der Waals surface area contributed by atoms with E-state index < -0.39 is 0 Å². The lowest BCUT2D eigenvalue weighted by Crippen LogP contribution is -2.03. The summed E-state index contributed by atoms with van der Waals surface area (Å²) >= 11 is 5.59. The second kappa shape index (κ2) is 4.33. The molecule has 2 aromatic heterocycles. The van der Waals surface area contributed by atoms with E-state index in [1.807, 2.05) is 12.1 Å². The van der Waals surface area contributed by atoms with Crippen molar-refractivity contribution in [3.8, 4) is 0 Å². The molecule has 0 aliphatic rings. The van der Waals surface area contributed by atoms with E-state index in [1.165, 1.54) is 0 Å². The molecule has 1 N–H and O–H groups in total. The van der Waals surface area contributed by atoms with Crippen LogP contribution in [-0.4, -0.2) is 17.4 Å². The van der Waals surface area contributed by atoms with Gasteiger partial charge in [0.1, 0.15) is 11.4 Å². The number of fused-ring (bicyclic) bond motifs is 1. The van der Waals surface area contributed by atoms with Crippen molar-refractivity contribution in [2.24, 2.45) is 0 Å². The summed E-state index contributed by atoms with van der Waals surface area (Å²) in [6.07, 6.45) is 4.32. The predicted octanol–water partition coefficient (Wildman–Crippen LogP) is 2.87. The van der Waals surface area contributed by atoms with Crippen LogP contribution in [0.25, 0.3) is 11.0 Å². The van der Waals surface area contributed by atoms with Crippen LogP contribution in [0, 0.1) is 0 Å². The summed E-state index contributed by atoms with van der Waals surface area (Å²) in [7, 11) is 0. The third-order valence-corrected chi connectivity index (χ3v) is 2.25. The minimum Gasteiger partial charge on any atom is -0.464 e. The van der Waals surface area contributed by atoms with Gasteiger partial charge in [0.2, 0.25) is 0 Å².